The van der Waals surface area contributed by atoms with Crippen molar-refractivity contribution in [1.29, 1.82) is 0 Å². The Kier molecular flexibility index (Phi) is 6.49. The third kappa shape index (κ3) is 4.83. The van der Waals surface area contributed by atoms with Crippen molar-refractivity contribution in [1.82, 2.24) is 4.98 Å². The van der Waals surface area contributed by atoms with Crippen molar-refractivity contribution in [3.63, 3.8) is 0 Å². The summed E-state index contributed by atoms with van der Waals surface area (Å²) in [6.45, 7) is 0. The number of carboxylic acid groups (broad SMARTS) is 2. The van der Waals surface area contributed by atoms with E-state index in [1.54, 1.807) is 18.2 Å². The molecule has 0 amide bonds. The van der Waals surface area contributed by atoms with Crippen LogP contribution in [0.3, 0.4) is 0 Å². The molecule has 8 heteroatoms. The molecule has 1 aromatic carbocycles. The normalized spacial score (nSPS) is 10.8. The number of rotatable bonds is 6. The van der Waals surface area contributed by atoms with Crippen LogP contribution in [-0.2, 0) is 26.7 Å². The van der Waals surface area contributed by atoms with Crippen LogP contribution >= 0.6 is 0 Å². The molecule has 1 radical (unpaired) electrons. The first-order valence-corrected chi connectivity index (χ1v) is 6.16. The molecule has 0 fully saturated rings. The number of hydrazone groups is 1. The summed E-state index contributed by atoms with van der Waals surface area (Å²) in [6.07, 6.45) is -0.731. The molecule has 1 aromatic heterocycles. The second kappa shape index (κ2) is 8.11. The number of fused-ring (bicyclic) bond motifs is 1. The fourth-order valence-corrected chi connectivity index (χ4v) is 1.68. The molecule has 0 aliphatic carbocycles. The summed E-state index contributed by atoms with van der Waals surface area (Å²) in [5.41, 5.74) is 2.80. The molecule has 0 atom stereocenters. The third-order valence-corrected chi connectivity index (χ3v) is 2.71. The van der Waals surface area contributed by atoms with Gasteiger partial charge in [-0.3, -0.25) is 5.43 Å². The number of pyridine rings is 1. The monoisotopic (exact) mass is 348 g/mol. The van der Waals surface area contributed by atoms with Gasteiger partial charge in [-0.2, -0.15) is 5.10 Å². The minimum Gasteiger partial charge on any atom is -0.550 e. The minimum atomic E-state index is -1.54. The Morgan fingerprint density at radius 2 is 1.82 bits per heavy atom. The van der Waals surface area contributed by atoms with Gasteiger partial charge in [0, 0.05) is 11.4 Å². The third-order valence-electron chi connectivity index (χ3n) is 2.71. The van der Waals surface area contributed by atoms with Crippen LogP contribution < -0.4 is 15.6 Å². The molecule has 2 rings (SSSR count). The number of nitrogens with one attached hydrogen (secondary N) is 1. The Bertz CT molecular complexity index is 718. The first-order chi connectivity index (χ1) is 10.1. The summed E-state index contributed by atoms with van der Waals surface area (Å²) in [5.74, 6) is -2.54. The summed E-state index contributed by atoms with van der Waals surface area (Å²) >= 11 is 0. The quantitative estimate of drug-likeness (QED) is 0.418. The van der Waals surface area contributed by atoms with Crippen LogP contribution in [0, 0.1) is 0 Å². The molecule has 0 bridgehead atoms. The zero-order valence-corrected chi connectivity index (χ0v) is 12.1. The van der Waals surface area contributed by atoms with Crippen LogP contribution in [0.5, 0.6) is 0 Å². The molecule has 0 saturated carbocycles. The van der Waals surface area contributed by atoms with E-state index in [9.17, 15) is 19.8 Å². The van der Waals surface area contributed by atoms with Gasteiger partial charge < -0.3 is 19.8 Å². The van der Waals surface area contributed by atoms with E-state index >= 15 is 0 Å². The van der Waals surface area contributed by atoms with Gasteiger partial charge in [0.25, 0.3) is 0 Å². The number of carbonyl (C=O) groups excluding carboxylic acids is 2. The fraction of sp³-hybridized carbons (Fsp3) is 0.143. The Balaban J connectivity index is 0.00000242. The number of carboxylic acids is 2. The summed E-state index contributed by atoms with van der Waals surface area (Å²) < 4.78 is 0. The van der Waals surface area contributed by atoms with Gasteiger partial charge in [0.1, 0.15) is 5.82 Å². The second-order valence-electron chi connectivity index (χ2n) is 4.22. The van der Waals surface area contributed by atoms with Gasteiger partial charge in [-0.25, -0.2) is 4.98 Å². The number of para-hydroxylation sites is 1. The van der Waals surface area contributed by atoms with E-state index in [0.29, 0.717) is 5.82 Å². The van der Waals surface area contributed by atoms with Crippen LogP contribution in [0.25, 0.3) is 10.9 Å². The fourth-order valence-electron chi connectivity index (χ4n) is 1.68. The number of aliphatic carboxylic acids is 2. The number of anilines is 1. The number of hydrogen-bond acceptors (Lipinski definition) is 7. The van der Waals surface area contributed by atoms with E-state index in [1.807, 2.05) is 18.2 Å². The van der Waals surface area contributed by atoms with E-state index in [-0.39, 0.29) is 23.5 Å². The van der Waals surface area contributed by atoms with Crippen LogP contribution in [-0.4, -0.2) is 22.6 Å². The van der Waals surface area contributed by atoms with Crippen LogP contribution in [0.15, 0.2) is 41.5 Å². The Hall–Kier alpha value is -2.44. The molecule has 117 valence electrons. The molecule has 22 heavy (non-hydrogen) atoms. The summed E-state index contributed by atoms with van der Waals surface area (Å²) in [6, 6.07) is 10.8. The average molecular weight is 349 g/mol. The Labute approximate surface area is 136 Å². The van der Waals surface area contributed by atoms with E-state index in [0.717, 1.165) is 10.9 Å². The number of hydrogen-bond donors (Lipinski definition) is 1. The van der Waals surface area contributed by atoms with Crippen LogP contribution in [0.1, 0.15) is 12.8 Å². The van der Waals surface area contributed by atoms with Crippen molar-refractivity contribution in [2.45, 2.75) is 12.8 Å². The Morgan fingerprint density at radius 3 is 2.50 bits per heavy atom. The smallest absolute Gasteiger partial charge is 0.550 e. The van der Waals surface area contributed by atoms with Gasteiger partial charge in [-0.15, -0.1) is 0 Å². The van der Waals surface area contributed by atoms with Crippen LogP contribution in [0.2, 0.25) is 0 Å². The first-order valence-electron chi connectivity index (χ1n) is 6.16. The van der Waals surface area contributed by atoms with Crippen molar-refractivity contribution in [2.24, 2.45) is 5.10 Å². The predicted molar refractivity (Wildman–Crippen MR) is 72.0 cm³/mol. The minimum absolute atomic E-state index is 0. The molecule has 0 saturated heterocycles. The van der Waals surface area contributed by atoms with Gasteiger partial charge in [-0.1, -0.05) is 18.2 Å². The van der Waals surface area contributed by atoms with Gasteiger partial charge in [0.2, 0.25) is 0 Å². The molecule has 2 aromatic rings. The van der Waals surface area contributed by atoms with E-state index < -0.39 is 24.1 Å². The van der Waals surface area contributed by atoms with Gasteiger partial charge in [0.05, 0.1) is 17.2 Å². The van der Waals surface area contributed by atoms with E-state index in [2.05, 4.69) is 15.5 Å². The molecule has 7 nitrogen and oxygen atoms in total. The molecule has 1 heterocycles. The number of carbonyl (C=O) groups is 2. The van der Waals surface area contributed by atoms with Crippen molar-refractivity contribution in [3.05, 3.63) is 36.4 Å². The summed E-state index contributed by atoms with van der Waals surface area (Å²) in [5, 5.41) is 25.7. The molecule has 0 unspecified atom stereocenters. The number of aromatic nitrogens is 1. The number of benzene rings is 1. The van der Waals surface area contributed by atoms with Crippen molar-refractivity contribution >= 4 is 34.4 Å². The average Bonchev–Trinajstić information content (AvgIpc) is 2.46. The maximum absolute atomic E-state index is 10.8. The van der Waals surface area contributed by atoms with Crippen molar-refractivity contribution in [2.75, 3.05) is 5.43 Å². The topological polar surface area (TPSA) is 118 Å². The standard InChI is InChI=1S/C14H13N3O4.Cu/c18-13(19)8-6-11(14(20)21)16-17-12-7-5-9-3-1-2-4-10(9)15-12;/h1-5,7H,6,8H2,(H,15,17)(H,18,19)(H,20,21);/q;+2/p-2. The second-order valence-corrected chi connectivity index (χ2v) is 4.22. The molecule has 0 aliphatic rings. The van der Waals surface area contributed by atoms with Crippen molar-refractivity contribution < 1.29 is 36.9 Å². The zero-order chi connectivity index (χ0) is 15.2. The van der Waals surface area contributed by atoms with Gasteiger partial charge in [0.15, 0.2) is 0 Å². The molecule has 0 aliphatic heterocycles. The predicted octanol–water partition coefficient (Wildman–Crippen LogP) is -0.720. The molecule has 0 spiro atoms. The SMILES string of the molecule is O=C([O-])CCC(=NNc1ccc2ccccc2n1)C(=O)[O-].[Cu+2]. The molecule has 1 N–H and O–H groups in total. The number of nitrogens with zero attached hydrogens (tertiary/aromatic N) is 2. The van der Waals surface area contributed by atoms with Gasteiger partial charge in [-0.05, 0) is 31.0 Å². The molecular formula is C14H11CuN3O4. The largest absolute Gasteiger partial charge is 2.00 e. The zero-order valence-electron chi connectivity index (χ0n) is 11.2. The van der Waals surface area contributed by atoms with E-state index in [4.69, 9.17) is 0 Å². The maximum atomic E-state index is 10.8. The first kappa shape index (κ1) is 17.6. The van der Waals surface area contributed by atoms with Crippen molar-refractivity contribution in [3.8, 4) is 0 Å². The van der Waals surface area contributed by atoms with Crippen LogP contribution in [0.4, 0.5) is 5.82 Å². The van der Waals surface area contributed by atoms with E-state index in [1.165, 1.54) is 0 Å². The Morgan fingerprint density at radius 1 is 1.09 bits per heavy atom. The summed E-state index contributed by atoms with van der Waals surface area (Å²) in [4.78, 5) is 25.4. The maximum Gasteiger partial charge on any atom is 2.00 e. The summed E-state index contributed by atoms with van der Waals surface area (Å²) in [7, 11) is 0. The molecular weight excluding hydrogens is 338 g/mol. The van der Waals surface area contributed by atoms with Gasteiger partial charge >= 0.3 is 17.1 Å².